The van der Waals surface area contributed by atoms with Crippen LogP contribution in [0.25, 0.3) is 21.3 Å². The lowest BCUT2D eigenvalue weighted by atomic mass is 9.84. The molecule has 2 N–H and O–H groups in total. The minimum atomic E-state index is -0.205. The van der Waals surface area contributed by atoms with E-state index in [9.17, 15) is 4.79 Å². The molecule has 0 aliphatic carbocycles. The van der Waals surface area contributed by atoms with Gasteiger partial charge < -0.3 is 5.84 Å². The number of aromatic nitrogens is 2. The summed E-state index contributed by atoms with van der Waals surface area (Å²) in [7, 11) is 0. The van der Waals surface area contributed by atoms with E-state index in [4.69, 9.17) is 10.8 Å². The van der Waals surface area contributed by atoms with Crippen LogP contribution in [-0.4, -0.2) is 9.66 Å². The summed E-state index contributed by atoms with van der Waals surface area (Å²) in [6.45, 7) is 11.0. The number of hydrogen-bond acceptors (Lipinski definition) is 5. The summed E-state index contributed by atoms with van der Waals surface area (Å²) in [5.41, 5.74) is 6.91. The molecule has 0 bridgehead atoms. The lowest BCUT2D eigenvalue weighted by Gasteiger charge is -2.22. The highest BCUT2D eigenvalue weighted by atomic mass is 32.2. The third-order valence-corrected chi connectivity index (χ3v) is 7.45. The monoisotopic (exact) mass is 449 g/mol. The van der Waals surface area contributed by atoms with Gasteiger partial charge >= 0.3 is 0 Å². The summed E-state index contributed by atoms with van der Waals surface area (Å²) in [6.07, 6.45) is 0. The zero-order chi connectivity index (χ0) is 22.3. The van der Waals surface area contributed by atoms with Gasteiger partial charge in [-0.1, -0.05) is 75.0 Å². The Morgan fingerprint density at radius 2 is 1.74 bits per heavy atom. The molecule has 0 amide bonds. The quantitative estimate of drug-likeness (QED) is 0.234. The van der Waals surface area contributed by atoms with E-state index in [1.165, 1.54) is 50.0 Å². The van der Waals surface area contributed by atoms with Gasteiger partial charge in [-0.15, -0.1) is 11.3 Å². The molecule has 2 aromatic carbocycles. The normalized spacial score (nSPS) is 11.9. The average Bonchev–Trinajstić information content (AvgIpc) is 3.14. The van der Waals surface area contributed by atoms with Crippen LogP contribution < -0.4 is 11.4 Å². The van der Waals surface area contributed by atoms with Crippen molar-refractivity contribution < 1.29 is 0 Å². The van der Waals surface area contributed by atoms with E-state index in [0.29, 0.717) is 16.3 Å². The second-order valence-corrected chi connectivity index (χ2v) is 10.7. The summed E-state index contributed by atoms with van der Waals surface area (Å²) in [6, 6.07) is 14.4. The Balaban J connectivity index is 1.68. The Bertz CT molecular complexity index is 1290. The van der Waals surface area contributed by atoms with E-state index in [1.807, 2.05) is 35.7 Å². The fraction of sp³-hybridized carbons (Fsp3) is 0.280. The maximum atomic E-state index is 13.1. The van der Waals surface area contributed by atoms with E-state index >= 15 is 0 Å². The van der Waals surface area contributed by atoms with E-state index < -0.39 is 0 Å². The number of nitrogen functional groups attached to an aromatic ring is 1. The predicted octanol–water partition coefficient (Wildman–Crippen LogP) is 6.05. The molecular weight excluding hydrogens is 422 g/mol. The van der Waals surface area contributed by atoms with Crippen LogP contribution in [0.3, 0.4) is 0 Å². The number of nitrogens with two attached hydrogens (primary N) is 1. The van der Waals surface area contributed by atoms with E-state index in [-0.39, 0.29) is 11.0 Å². The van der Waals surface area contributed by atoms with Crippen LogP contribution in [0.2, 0.25) is 0 Å². The molecule has 2 aromatic heterocycles. The highest BCUT2D eigenvalue weighted by Crippen LogP contribution is 2.33. The molecule has 160 valence electrons. The lowest BCUT2D eigenvalue weighted by Crippen LogP contribution is -2.29. The molecule has 0 fully saturated rings. The summed E-state index contributed by atoms with van der Waals surface area (Å²) in [5, 5.41) is 3.12. The van der Waals surface area contributed by atoms with Gasteiger partial charge in [0.05, 0.1) is 5.39 Å². The molecule has 0 aliphatic heterocycles. The second-order valence-electron chi connectivity index (χ2n) is 8.89. The Morgan fingerprint density at radius 1 is 1.10 bits per heavy atom. The van der Waals surface area contributed by atoms with Gasteiger partial charge in [0, 0.05) is 16.7 Å². The molecule has 0 atom stereocenters. The van der Waals surface area contributed by atoms with Crippen LogP contribution in [0.15, 0.2) is 57.8 Å². The number of thiophene rings is 1. The highest BCUT2D eigenvalue weighted by molar-refractivity contribution is 7.98. The molecule has 0 spiro atoms. The molecule has 0 radical (unpaired) electrons. The van der Waals surface area contributed by atoms with Gasteiger partial charge in [0.2, 0.25) is 0 Å². The topological polar surface area (TPSA) is 60.9 Å². The Kier molecular flexibility index (Phi) is 5.71. The first-order valence-electron chi connectivity index (χ1n) is 10.2. The van der Waals surface area contributed by atoms with Crippen molar-refractivity contribution in [1.82, 2.24) is 9.66 Å². The van der Waals surface area contributed by atoms with Crippen LogP contribution in [0.5, 0.6) is 0 Å². The molecule has 0 aliphatic rings. The summed E-state index contributed by atoms with van der Waals surface area (Å²) >= 11 is 2.99. The number of rotatable bonds is 4. The Hall–Kier alpha value is -2.57. The van der Waals surface area contributed by atoms with Gasteiger partial charge in [-0.2, -0.15) is 0 Å². The van der Waals surface area contributed by atoms with Gasteiger partial charge in [0.25, 0.3) is 5.56 Å². The summed E-state index contributed by atoms with van der Waals surface area (Å²) in [4.78, 5) is 18.6. The fourth-order valence-electron chi connectivity index (χ4n) is 3.71. The minimum absolute atomic E-state index is 0.112. The largest absolute Gasteiger partial charge is 0.334 e. The predicted molar refractivity (Wildman–Crippen MR) is 134 cm³/mol. The van der Waals surface area contributed by atoms with E-state index in [1.54, 1.807) is 0 Å². The lowest BCUT2D eigenvalue weighted by molar-refractivity contribution is 0.589. The van der Waals surface area contributed by atoms with Crippen molar-refractivity contribution in [3.05, 3.63) is 80.5 Å². The molecule has 6 heteroatoms. The molecule has 4 aromatic rings. The van der Waals surface area contributed by atoms with Crippen LogP contribution in [-0.2, 0) is 11.2 Å². The van der Waals surface area contributed by atoms with E-state index in [0.717, 1.165) is 16.0 Å². The fourth-order valence-corrected chi connectivity index (χ4v) is 5.81. The van der Waals surface area contributed by atoms with Gasteiger partial charge in [-0.05, 0) is 47.1 Å². The molecule has 0 saturated heterocycles. The Labute approximate surface area is 191 Å². The standard InChI is InChI=1S/C25H27N3OS2/c1-15-11-18(25(3,4)5)12-16(2)19(15)13-31-24-27-22-21(23(29)28(24)26)20(14-30-22)17-9-7-6-8-10-17/h6-12,14H,13,26H2,1-5H3. The van der Waals surface area contributed by atoms with Crippen LogP contribution in [0, 0.1) is 13.8 Å². The molecular formula is C25H27N3OS2. The van der Waals surface area contributed by atoms with Crippen molar-refractivity contribution in [2.24, 2.45) is 0 Å². The van der Waals surface area contributed by atoms with Gasteiger partial charge in [0.15, 0.2) is 5.16 Å². The number of thioether (sulfide) groups is 1. The molecule has 4 rings (SSSR count). The smallest absolute Gasteiger partial charge is 0.282 e. The molecule has 31 heavy (non-hydrogen) atoms. The van der Waals surface area contributed by atoms with Crippen molar-refractivity contribution in [1.29, 1.82) is 0 Å². The average molecular weight is 450 g/mol. The van der Waals surface area contributed by atoms with E-state index in [2.05, 4.69) is 46.8 Å². The maximum absolute atomic E-state index is 13.1. The third kappa shape index (κ3) is 4.14. The summed E-state index contributed by atoms with van der Waals surface area (Å²) < 4.78 is 1.19. The number of hydrogen-bond donors (Lipinski definition) is 1. The van der Waals surface area contributed by atoms with Gasteiger partial charge in [-0.25, -0.2) is 9.66 Å². The van der Waals surface area contributed by atoms with Gasteiger partial charge in [-0.3, -0.25) is 4.79 Å². The second kappa shape index (κ2) is 8.17. The van der Waals surface area contributed by atoms with Crippen molar-refractivity contribution in [3.63, 3.8) is 0 Å². The zero-order valence-electron chi connectivity index (χ0n) is 18.5. The maximum Gasteiger partial charge on any atom is 0.282 e. The number of benzene rings is 2. The number of aryl methyl sites for hydroxylation is 2. The van der Waals surface area contributed by atoms with Crippen molar-refractivity contribution in [2.45, 2.75) is 50.9 Å². The first-order valence-corrected chi connectivity index (χ1v) is 12.1. The molecule has 2 heterocycles. The van der Waals surface area contributed by atoms with Crippen molar-refractivity contribution in [2.75, 3.05) is 5.84 Å². The molecule has 0 saturated carbocycles. The summed E-state index contributed by atoms with van der Waals surface area (Å²) in [5.74, 6) is 6.92. The van der Waals surface area contributed by atoms with Crippen molar-refractivity contribution in [3.8, 4) is 11.1 Å². The molecule has 0 unspecified atom stereocenters. The minimum Gasteiger partial charge on any atom is -0.334 e. The SMILES string of the molecule is Cc1cc(C(C)(C)C)cc(C)c1CSc1nc2scc(-c3ccccc3)c2c(=O)n1N. The number of nitrogens with zero attached hydrogens (tertiary/aromatic N) is 2. The first-order chi connectivity index (χ1) is 14.7. The van der Waals surface area contributed by atoms with Crippen molar-refractivity contribution >= 4 is 33.3 Å². The van der Waals surface area contributed by atoms with Crippen LogP contribution in [0.1, 0.15) is 43.0 Å². The third-order valence-electron chi connectivity index (χ3n) is 5.60. The first kappa shape index (κ1) is 21.7. The highest BCUT2D eigenvalue weighted by Gasteiger charge is 2.19. The Morgan fingerprint density at radius 3 is 2.35 bits per heavy atom. The molecule has 4 nitrogen and oxygen atoms in total. The van der Waals surface area contributed by atoms with Crippen LogP contribution in [0.4, 0.5) is 0 Å². The zero-order valence-corrected chi connectivity index (χ0v) is 20.2. The van der Waals surface area contributed by atoms with Gasteiger partial charge in [0.1, 0.15) is 4.83 Å². The number of fused-ring (bicyclic) bond motifs is 1. The van der Waals surface area contributed by atoms with Crippen LogP contribution >= 0.6 is 23.1 Å².